The first-order valence-corrected chi connectivity index (χ1v) is 9.55. The predicted octanol–water partition coefficient (Wildman–Crippen LogP) is 3.41. The lowest BCUT2D eigenvalue weighted by molar-refractivity contribution is 0.0598. The van der Waals surface area contributed by atoms with Crippen LogP contribution in [0.1, 0.15) is 15.9 Å². The van der Waals surface area contributed by atoms with Gasteiger partial charge in [0.1, 0.15) is 0 Å². The molecule has 0 N–H and O–H groups in total. The van der Waals surface area contributed by atoms with Crippen molar-refractivity contribution in [2.75, 3.05) is 38.2 Å². The number of aromatic nitrogens is 1. The Morgan fingerprint density at radius 3 is 2.58 bits per heavy atom. The summed E-state index contributed by atoms with van der Waals surface area (Å²) in [5.74, 6) is -0.270. The third-order valence-corrected chi connectivity index (χ3v) is 5.84. The Bertz CT molecular complexity index is 883. The van der Waals surface area contributed by atoms with E-state index in [9.17, 15) is 4.79 Å². The van der Waals surface area contributed by atoms with E-state index in [4.69, 9.17) is 9.72 Å². The minimum atomic E-state index is -0.270. The summed E-state index contributed by atoms with van der Waals surface area (Å²) in [5.41, 5.74) is 2.75. The van der Waals surface area contributed by atoms with E-state index >= 15 is 0 Å². The van der Waals surface area contributed by atoms with Gasteiger partial charge in [-0.15, -0.1) is 0 Å². The zero-order valence-electron chi connectivity index (χ0n) is 14.7. The molecule has 0 saturated carbocycles. The van der Waals surface area contributed by atoms with Crippen LogP contribution < -0.4 is 4.90 Å². The summed E-state index contributed by atoms with van der Waals surface area (Å²) in [5, 5.41) is 1.10. The molecule has 1 aromatic heterocycles. The quantitative estimate of drug-likeness (QED) is 0.662. The van der Waals surface area contributed by atoms with E-state index in [1.807, 2.05) is 30.3 Å². The van der Waals surface area contributed by atoms with Crippen LogP contribution in [0.4, 0.5) is 5.13 Å². The van der Waals surface area contributed by atoms with Crippen LogP contribution in [-0.2, 0) is 11.3 Å². The number of esters is 1. The normalized spacial score (nSPS) is 15.3. The smallest absolute Gasteiger partial charge is 0.338 e. The fourth-order valence-corrected chi connectivity index (χ4v) is 4.32. The van der Waals surface area contributed by atoms with Crippen molar-refractivity contribution in [3.8, 4) is 0 Å². The highest BCUT2D eigenvalue weighted by molar-refractivity contribution is 7.22. The summed E-state index contributed by atoms with van der Waals surface area (Å²) in [7, 11) is 1.43. The Morgan fingerprint density at radius 2 is 1.81 bits per heavy atom. The molecule has 1 aliphatic heterocycles. The summed E-state index contributed by atoms with van der Waals surface area (Å²) < 4.78 is 6.13. The number of para-hydroxylation sites is 1. The molecule has 0 atom stereocenters. The van der Waals surface area contributed by atoms with Crippen LogP contribution in [0.3, 0.4) is 0 Å². The number of hydrogen-bond donors (Lipinski definition) is 0. The second-order valence-electron chi connectivity index (χ2n) is 6.38. The number of thiazole rings is 1. The van der Waals surface area contributed by atoms with Crippen LogP contribution >= 0.6 is 11.3 Å². The van der Waals surface area contributed by atoms with Gasteiger partial charge in [0.15, 0.2) is 5.13 Å². The van der Waals surface area contributed by atoms with Gasteiger partial charge in [0.05, 0.1) is 22.9 Å². The van der Waals surface area contributed by atoms with Crippen molar-refractivity contribution in [2.45, 2.75) is 6.54 Å². The molecular weight excluding hydrogens is 346 g/mol. The molecule has 0 spiro atoms. The van der Waals surface area contributed by atoms with Gasteiger partial charge in [0, 0.05) is 32.7 Å². The molecule has 26 heavy (non-hydrogen) atoms. The minimum Gasteiger partial charge on any atom is -0.465 e. The van der Waals surface area contributed by atoms with Crippen molar-refractivity contribution in [1.82, 2.24) is 9.88 Å². The molecule has 0 bridgehead atoms. The minimum absolute atomic E-state index is 0.270. The molecule has 134 valence electrons. The van der Waals surface area contributed by atoms with Crippen LogP contribution in [0.15, 0.2) is 48.5 Å². The van der Waals surface area contributed by atoms with Gasteiger partial charge >= 0.3 is 5.97 Å². The number of rotatable bonds is 4. The summed E-state index contributed by atoms with van der Waals surface area (Å²) >= 11 is 1.75. The van der Waals surface area contributed by atoms with E-state index in [-0.39, 0.29) is 5.97 Å². The van der Waals surface area contributed by atoms with Gasteiger partial charge in [-0.05, 0) is 23.8 Å². The Balaban J connectivity index is 1.42. The Morgan fingerprint density at radius 1 is 1.08 bits per heavy atom. The summed E-state index contributed by atoms with van der Waals surface area (Å²) in [6.45, 7) is 4.55. The van der Waals surface area contributed by atoms with Crippen molar-refractivity contribution in [1.29, 1.82) is 0 Å². The number of ether oxygens (including phenoxy) is 1. The average Bonchev–Trinajstić information content (AvgIpc) is 3.12. The van der Waals surface area contributed by atoms with Gasteiger partial charge in [0.2, 0.25) is 0 Å². The lowest BCUT2D eigenvalue weighted by Crippen LogP contribution is -2.46. The van der Waals surface area contributed by atoms with E-state index < -0.39 is 0 Å². The monoisotopic (exact) mass is 367 g/mol. The van der Waals surface area contributed by atoms with E-state index in [1.54, 1.807) is 11.3 Å². The first kappa shape index (κ1) is 17.0. The van der Waals surface area contributed by atoms with Gasteiger partial charge in [-0.3, -0.25) is 4.90 Å². The average molecular weight is 367 g/mol. The van der Waals surface area contributed by atoms with E-state index in [2.05, 4.69) is 28.0 Å². The number of hydrogen-bond acceptors (Lipinski definition) is 6. The van der Waals surface area contributed by atoms with Gasteiger partial charge in [0.25, 0.3) is 0 Å². The molecule has 1 fully saturated rings. The van der Waals surface area contributed by atoms with Gasteiger partial charge in [-0.1, -0.05) is 41.7 Å². The Kier molecular flexibility index (Phi) is 4.86. The molecule has 2 aromatic carbocycles. The number of piperazine rings is 1. The van der Waals surface area contributed by atoms with Crippen LogP contribution in [0.5, 0.6) is 0 Å². The Hall–Kier alpha value is -2.44. The van der Waals surface area contributed by atoms with Crippen molar-refractivity contribution in [3.05, 3.63) is 59.7 Å². The van der Waals surface area contributed by atoms with Crippen molar-refractivity contribution in [3.63, 3.8) is 0 Å². The van der Waals surface area contributed by atoms with E-state index in [1.165, 1.54) is 11.8 Å². The van der Waals surface area contributed by atoms with Gasteiger partial charge in [-0.25, -0.2) is 9.78 Å². The summed E-state index contributed by atoms with van der Waals surface area (Å²) in [4.78, 5) is 21.4. The molecule has 0 aliphatic carbocycles. The molecule has 6 heteroatoms. The molecule has 0 radical (unpaired) electrons. The van der Waals surface area contributed by atoms with E-state index in [0.717, 1.165) is 48.9 Å². The van der Waals surface area contributed by atoms with Crippen LogP contribution in [-0.4, -0.2) is 49.1 Å². The second-order valence-corrected chi connectivity index (χ2v) is 7.39. The number of nitrogens with zero attached hydrogens (tertiary/aromatic N) is 3. The first-order valence-electron chi connectivity index (χ1n) is 8.73. The number of anilines is 1. The fourth-order valence-electron chi connectivity index (χ4n) is 3.30. The van der Waals surface area contributed by atoms with E-state index in [0.29, 0.717) is 5.56 Å². The standard InChI is InChI=1S/C20H21N3O2S/c1-25-19(24)16-7-3-2-6-15(16)14-22-10-12-23(13-11-22)20-21-17-8-4-5-9-18(17)26-20/h2-9H,10-14H2,1H3. The number of benzene rings is 2. The lowest BCUT2D eigenvalue weighted by atomic mass is 10.1. The molecule has 1 aliphatic rings. The molecule has 4 rings (SSSR count). The second kappa shape index (κ2) is 7.43. The third kappa shape index (κ3) is 3.43. The molecule has 1 saturated heterocycles. The van der Waals surface area contributed by atoms with Gasteiger partial charge < -0.3 is 9.64 Å². The predicted molar refractivity (Wildman–Crippen MR) is 105 cm³/mol. The topological polar surface area (TPSA) is 45.7 Å². The fraction of sp³-hybridized carbons (Fsp3) is 0.300. The SMILES string of the molecule is COC(=O)c1ccccc1CN1CCN(c2nc3ccccc3s2)CC1. The summed E-state index contributed by atoms with van der Waals surface area (Å²) in [6, 6.07) is 16.0. The first-order chi connectivity index (χ1) is 12.7. The van der Waals surface area contributed by atoms with Crippen molar-refractivity contribution < 1.29 is 9.53 Å². The van der Waals surface area contributed by atoms with Gasteiger partial charge in [-0.2, -0.15) is 0 Å². The van der Waals surface area contributed by atoms with Crippen LogP contribution in [0, 0.1) is 0 Å². The maximum absolute atomic E-state index is 11.9. The van der Waals surface area contributed by atoms with Crippen molar-refractivity contribution in [2.24, 2.45) is 0 Å². The Labute approximate surface area is 156 Å². The zero-order chi connectivity index (χ0) is 17.9. The summed E-state index contributed by atoms with van der Waals surface area (Å²) in [6.07, 6.45) is 0. The highest BCUT2D eigenvalue weighted by Gasteiger charge is 2.21. The molecule has 2 heterocycles. The highest BCUT2D eigenvalue weighted by atomic mass is 32.1. The lowest BCUT2D eigenvalue weighted by Gasteiger charge is -2.34. The third-order valence-electron chi connectivity index (χ3n) is 4.74. The maximum atomic E-state index is 11.9. The molecule has 0 amide bonds. The molecular formula is C20H21N3O2S. The molecule has 3 aromatic rings. The number of carbonyl (C=O) groups is 1. The molecule has 0 unspecified atom stereocenters. The van der Waals surface area contributed by atoms with Crippen LogP contribution in [0.25, 0.3) is 10.2 Å². The van der Waals surface area contributed by atoms with Crippen molar-refractivity contribution >= 4 is 32.7 Å². The zero-order valence-corrected chi connectivity index (χ0v) is 15.5. The number of fused-ring (bicyclic) bond motifs is 1. The van der Waals surface area contributed by atoms with Crippen LogP contribution in [0.2, 0.25) is 0 Å². The largest absolute Gasteiger partial charge is 0.465 e. The number of carbonyl (C=O) groups excluding carboxylic acids is 1. The maximum Gasteiger partial charge on any atom is 0.338 e. The highest BCUT2D eigenvalue weighted by Crippen LogP contribution is 2.29. The molecule has 5 nitrogen and oxygen atoms in total. The number of methoxy groups -OCH3 is 1.